The summed E-state index contributed by atoms with van der Waals surface area (Å²) >= 11 is 0. The number of phenols is 1. The Morgan fingerprint density at radius 1 is 1.28 bits per heavy atom. The van der Waals surface area contributed by atoms with E-state index in [0.29, 0.717) is 18.2 Å². The third-order valence-electron chi connectivity index (χ3n) is 4.56. The molecule has 0 spiro atoms. The number of carbonyl (C=O) groups is 1. The molecule has 1 aliphatic heterocycles. The number of nitrogens with one attached hydrogen (secondary N) is 1. The molecule has 2 aromatic rings. The molecule has 0 radical (unpaired) electrons. The second kappa shape index (κ2) is 6.55. The van der Waals surface area contributed by atoms with Crippen LogP contribution in [0.25, 0.3) is 0 Å². The summed E-state index contributed by atoms with van der Waals surface area (Å²) in [5.74, 6) is 0.758. The summed E-state index contributed by atoms with van der Waals surface area (Å²) in [4.78, 5) is 23.1. The first kappa shape index (κ1) is 15.6. The molecular weight excluding hydrogens is 316 g/mol. The number of hydrogen-bond donors (Lipinski definition) is 2. The third-order valence-corrected chi connectivity index (χ3v) is 4.56. The van der Waals surface area contributed by atoms with Gasteiger partial charge in [0.2, 0.25) is 0 Å². The minimum absolute atomic E-state index is 0.00433. The Morgan fingerprint density at radius 3 is 2.92 bits per heavy atom. The molecule has 0 saturated heterocycles. The highest BCUT2D eigenvalue weighted by atomic mass is 16.3. The summed E-state index contributed by atoms with van der Waals surface area (Å²) in [7, 11) is 0. The number of phenolic OH excluding ortho intramolecular Hbond substituents is 1. The molecule has 1 fully saturated rings. The van der Waals surface area contributed by atoms with E-state index in [0.717, 1.165) is 24.5 Å². The zero-order valence-electron chi connectivity index (χ0n) is 13.9. The lowest BCUT2D eigenvalue weighted by Gasteiger charge is -2.27. The number of aromatic hydroxyl groups is 1. The SMILES string of the molecule is O=C(/C=C/N1CCc2c(ncnc2NC2CC2)C1)c1ccccc1O. The predicted octanol–water partition coefficient (Wildman–Crippen LogP) is 2.51. The Labute approximate surface area is 146 Å². The second-order valence-corrected chi connectivity index (χ2v) is 6.48. The molecule has 6 heteroatoms. The molecule has 1 aliphatic carbocycles. The quantitative estimate of drug-likeness (QED) is 0.645. The maximum Gasteiger partial charge on any atom is 0.190 e. The number of carbonyl (C=O) groups excluding carboxylic acids is 1. The number of anilines is 1. The van der Waals surface area contributed by atoms with Crippen LogP contribution in [0.1, 0.15) is 34.5 Å². The van der Waals surface area contributed by atoms with E-state index in [1.807, 2.05) is 0 Å². The fourth-order valence-electron chi connectivity index (χ4n) is 2.99. The van der Waals surface area contributed by atoms with E-state index in [9.17, 15) is 9.90 Å². The molecule has 1 saturated carbocycles. The van der Waals surface area contributed by atoms with E-state index >= 15 is 0 Å². The van der Waals surface area contributed by atoms with Gasteiger partial charge in [-0.1, -0.05) is 12.1 Å². The van der Waals surface area contributed by atoms with E-state index in [1.165, 1.54) is 30.5 Å². The third kappa shape index (κ3) is 3.47. The van der Waals surface area contributed by atoms with Crippen molar-refractivity contribution in [1.82, 2.24) is 14.9 Å². The van der Waals surface area contributed by atoms with E-state index in [-0.39, 0.29) is 11.5 Å². The van der Waals surface area contributed by atoms with Gasteiger partial charge >= 0.3 is 0 Å². The van der Waals surface area contributed by atoms with Crippen molar-refractivity contribution in [3.8, 4) is 5.75 Å². The van der Waals surface area contributed by atoms with E-state index < -0.39 is 0 Å². The van der Waals surface area contributed by atoms with Crippen LogP contribution in [0.2, 0.25) is 0 Å². The molecule has 2 aliphatic rings. The van der Waals surface area contributed by atoms with Crippen LogP contribution >= 0.6 is 0 Å². The standard InChI is InChI=1S/C19H20N4O2/c24-17-4-2-1-3-15(17)18(25)8-10-23-9-7-14-16(11-23)20-12-21-19(14)22-13-5-6-13/h1-4,8,10,12-13,24H,5-7,9,11H2,(H,20,21,22)/b10-8+. The number of hydrogen-bond acceptors (Lipinski definition) is 6. The average Bonchev–Trinajstić information content (AvgIpc) is 3.44. The number of aromatic nitrogens is 2. The Balaban J connectivity index is 1.45. The molecule has 1 aromatic heterocycles. The largest absolute Gasteiger partial charge is 0.507 e. The lowest BCUT2D eigenvalue weighted by atomic mass is 10.1. The molecule has 4 rings (SSSR count). The smallest absolute Gasteiger partial charge is 0.190 e. The molecule has 2 heterocycles. The van der Waals surface area contributed by atoms with Gasteiger partial charge in [-0.15, -0.1) is 0 Å². The maximum atomic E-state index is 12.2. The second-order valence-electron chi connectivity index (χ2n) is 6.48. The van der Waals surface area contributed by atoms with Crippen molar-refractivity contribution in [2.75, 3.05) is 11.9 Å². The Hall–Kier alpha value is -2.89. The fraction of sp³-hybridized carbons (Fsp3) is 0.316. The van der Waals surface area contributed by atoms with E-state index in [1.54, 1.807) is 30.7 Å². The molecule has 0 bridgehead atoms. The Morgan fingerprint density at radius 2 is 2.12 bits per heavy atom. The van der Waals surface area contributed by atoms with E-state index in [2.05, 4.69) is 20.2 Å². The van der Waals surface area contributed by atoms with Crippen molar-refractivity contribution in [3.63, 3.8) is 0 Å². The highest BCUT2D eigenvalue weighted by Gasteiger charge is 2.25. The normalized spacial score (nSPS) is 16.7. The molecule has 0 atom stereocenters. The molecule has 2 N–H and O–H groups in total. The zero-order valence-corrected chi connectivity index (χ0v) is 13.9. The van der Waals surface area contributed by atoms with Crippen LogP contribution < -0.4 is 5.32 Å². The van der Waals surface area contributed by atoms with Gasteiger partial charge in [-0.25, -0.2) is 9.97 Å². The van der Waals surface area contributed by atoms with Gasteiger partial charge in [-0.05, 0) is 31.4 Å². The molecule has 0 unspecified atom stereocenters. The van der Waals surface area contributed by atoms with Gasteiger partial charge < -0.3 is 15.3 Å². The summed E-state index contributed by atoms with van der Waals surface area (Å²) < 4.78 is 0. The number of rotatable bonds is 5. The number of nitrogens with zero attached hydrogens (tertiary/aromatic N) is 3. The van der Waals surface area contributed by atoms with Crippen LogP contribution in [0.3, 0.4) is 0 Å². The maximum absolute atomic E-state index is 12.2. The minimum Gasteiger partial charge on any atom is -0.507 e. The van der Waals surface area contributed by atoms with Gasteiger partial charge in [-0.2, -0.15) is 0 Å². The highest BCUT2D eigenvalue weighted by Crippen LogP contribution is 2.28. The molecule has 1 aromatic carbocycles. The number of ketones is 1. The molecule has 6 nitrogen and oxygen atoms in total. The van der Waals surface area contributed by atoms with Crippen molar-refractivity contribution >= 4 is 11.6 Å². The first-order valence-corrected chi connectivity index (χ1v) is 8.54. The van der Waals surface area contributed by atoms with Crippen molar-refractivity contribution in [1.29, 1.82) is 0 Å². The van der Waals surface area contributed by atoms with Crippen molar-refractivity contribution in [2.24, 2.45) is 0 Å². The van der Waals surface area contributed by atoms with Crippen LogP contribution in [0.4, 0.5) is 5.82 Å². The van der Waals surface area contributed by atoms with Crippen molar-refractivity contribution < 1.29 is 9.90 Å². The van der Waals surface area contributed by atoms with E-state index in [4.69, 9.17) is 0 Å². The highest BCUT2D eigenvalue weighted by molar-refractivity contribution is 6.06. The number of fused-ring (bicyclic) bond motifs is 1. The van der Waals surface area contributed by atoms with Gasteiger partial charge in [-0.3, -0.25) is 4.79 Å². The average molecular weight is 336 g/mol. The molecule has 25 heavy (non-hydrogen) atoms. The van der Waals surface area contributed by atoms with Gasteiger partial charge in [0.1, 0.15) is 17.9 Å². The van der Waals surface area contributed by atoms with Crippen LogP contribution in [0.15, 0.2) is 42.9 Å². The molecular formula is C19H20N4O2. The minimum atomic E-state index is -0.206. The first-order valence-electron chi connectivity index (χ1n) is 8.54. The lowest BCUT2D eigenvalue weighted by Crippen LogP contribution is -2.28. The predicted molar refractivity (Wildman–Crippen MR) is 94.4 cm³/mol. The summed E-state index contributed by atoms with van der Waals surface area (Å²) in [6.07, 6.45) is 8.16. The summed E-state index contributed by atoms with van der Waals surface area (Å²) in [6, 6.07) is 7.14. The zero-order chi connectivity index (χ0) is 17.2. The van der Waals surface area contributed by atoms with Gasteiger partial charge in [0.25, 0.3) is 0 Å². The Kier molecular flexibility index (Phi) is 4.09. The summed E-state index contributed by atoms with van der Waals surface area (Å²) in [5.41, 5.74) is 2.50. The topological polar surface area (TPSA) is 78.4 Å². The summed E-state index contributed by atoms with van der Waals surface area (Å²) in [6.45, 7) is 1.46. The number of benzene rings is 1. The van der Waals surface area contributed by atoms with Gasteiger partial charge in [0, 0.05) is 30.4 Å². The summed E-state index contributed by atoms with van der Waals surface area (Å²) in [5, 5.41) is 13.2. The monoisotopic (exact) mass is 336 g/mol. The Bertz CT molecular complexity index is 830. The first-order chi connectivity index (χ1) is 12.2. The molecule has 0 amide bonds. The lowest BCUT2D eigenvalue weighted by molar-refractivity contribution is 0.104. The number of para-hydroxylation sites is 1. The van der Waals surface area contributed by atoms with Crippen molar-refractivity contribution in [3.05, 3.63) is 59.7 Å². The van der Waals surface area contributed by atoms with Crippen LogP contribution in [0.5, 0.6) is 5.75 Å². The van der Waals surface area contributed by atoms with Crippen LogP contribution in [-0.2, 0) is 13.0 Å². The molecule has 128 valence electrons. The number of allylic oxidation sites excluding steroid dienone is 1. The van der Waals surface area contributed by atoms with Crippen molar-refractivity contribution in [2.45, 2.75) is 31.8 Å². The fourth-order valence-corrected chi connectivity index (χ4v) is 2.99. The van der Waals surface area contributed by atoms with Gasteiger partial charge in [0.05, 0.1) is 17.8 Å². The van der Waals surface area contributed by atoms with Gasteiger partial charge in [0.15, 0.2) is 5.78 Å². The van der Waals surface area contributed by atoms with Crippen LogP contribution in [-0.4, -0.2) is 38.3 Å². The van der Waals surface area contributed by atoms with Crippen LogP contribution in [0, 0.1) is 0 Å².